The van der Waals surface area contributed by atoms with Gasteiger partial charge in [-0.25, -0.2) is 0 Å². The molecule has 1 aromatic carbocycles. The number of thiol groups is 1. The molecule has 0 N–H and O–H groups in total. The molecule has 0 aliphatic carbocycles. The quantitative estimate of drug-likeness (QED) is 0.471. The van der Waals surface area contributed by atoms with Crippen molar-refractivity contribution in [3.05, 3.63) is 32.3 Å². The summed E-state index contributed by atoms with van der Waals surface area (Å²) in [6.45, 7) is 1.68. The zero-order chi connectivity index (χ0) is 9.30. The predicted octanol–water partition coefficient (Wildman–Crippen LogP) is 2.95. The molecule has 0 aliphatic heterocycles. The van der Waals surface area contributed by atoms with Crippen LogP contribution in [0.3, 0.4) is 0 Å². The van der Waals surface area contributed by atoms with Crippen LogP contribution >= 0.6 is 28.6 Å². The Morgan fingerprint density at radius 2 is 2.17 bits per heavy atom. The first-order valence-electron chi connectivity index (χ1n) is 3.16. The number of aryl methyl sites for hydroxylation is 1. The molecule has 0 radical (unpaired) electrons. The number of nitrogens with zero attached hydrogens (tertiary/aromatic N) is 1. The summed E-state index contributed by atoms with van der Waals surface area (Å²) in [6.07, 6.45) is 0. The van der Waals surface area contributed by atoms with Crippen molar-refractivity contribution in [2.45, 2.75) is 11.8 Å². The molecule has 3 nitrogen and oxygen atoms in total. The van der Waals surface area contributed by atoms with Crippen LogP contribution in [0.4, 0.5) is 5.69 Å². The van der Waals surface area contributed by atoms with Gasteiger partial charge >= 0.3 is 0 Å². The second-order valence-corrected chi connectivity index (χ2v) is 3.75. The van der Waals surface area contributed by atoms with Crippen LogP contribution in [0.25, 0.3) is 0 Å². The molecule has 12 heavy (non-hydrogen) atoms. The topological polar surface area (TPSA) is 43.1 Å². The number of rotatable bonds is 1. The number of halogens is 1. The van der Waals surface area contributed by atoms with Crippen LogP contribution in [-0.2, 0) is 0 Å². The van der Waals surface area contributed by atoms with Gasteiger partial charge in [-0.3, -0.25) is 10.1 Å². The molecule has 0 bridgehead atoms. The second kappa shape index (κ2) is 3.45. The highest BCUT2D eigenvalue weighted by molar-refractivity contribution is 9.10. The standard InChI is InChI=1S/C7H6BrNO2S/c1-4-2-5(8)3-6(12)7(4)9(10)11/h2-3,12H,1H3. The van der Waals surface area contributed by atoms with Gasteiger partial charge in [-0.15, -0.1) is 12.6 Å². The Bertz CT molecular complexity index is 317. The lowest BCUT2D eigenvalue weighted by Crippen LogP contribution is -1.92. The number of benzene rings is 1. The third-order valence-electron chi connectivity index (χ3n) is 1.43. The Labute approximate surface area is 83.5 Å². The number of nitro groups is 1. The molecule has 0 aliphatic rings. The highest BCUT2D eigenvalue weighted by Crippen LogP contribution is 2.29. The first-order valence-corrected chi connectivity index (χ1v) is 4.40. The van der Waals surface area contributed by atoms with E-state index in [2.05, 4.69) is 28.6 Å². The summed E-state index contributed by atoms with van der Waals surface area (Å²) in [5, 5.41) is 10.5. The number of hydrogen-bond donors (Lipinski definition) is 1. The van der Waals surface area contributed by atoms with Crippen molar-refractivity contribution in [3.63, 3.8) is 0 Å². The fourth-order valence-corrected chi connectivity index (χ4v) is 2.10. The molecule has 5 heteroatoms. The molecular formula is C7H6BrNO2S. The zero-order valence-corrected chi connectivity index (χ0v) is 8.72. The first kappa shape index (κ1) is 9.54. The van der Waals surface area contributed by atoms with Crippen LogP contribution in [0.1, 0.15) is 5.56 Å². The van der Waals surface area contributed by atoms with Crippen LogP contribution in [-0.4, -0.2) is 4.92 Å². The van der Waals surface area contributed by atoms with E-state index in [9.17, 15) is 10.1 Å². The SMILES string of the molecule is Cc1cc(Br)cc(S)c1[N+](=O)[O-]. The minimum Gasteiger partial charge on any atom is -0.258 e. The molecule has 0 saturated heterocycles. The fourth-order valence-electron chi connectivity index (χ4n) is 0.955. The van der Waals surface area contributed by atoms with E-state index in [0.29, 0.717) is 10.5 Å². The lowest BCUT2D eigenvalue weighted by molar-refractivity contribution is -0.388. The van der Waals surface area contributed by atoms with Gasteiger partial charge in [0.05, 0.1) is 9.82 Å². The van der Waals surface area contributed by atoms with Gasteiger partial charge in [-0.05, 0) is 19.1 Å². The number of hydrogen-bond acceptors (Lipinski definition) is 3. The van der Waals surface area contributed by atoms with Gasteiger partial charge < -0.3 is 0 Å². The van der Waals surface area contributed by atoms with E-state index in [-0.39, 0.29) is 5.69 Å². The maximum Gasteiger partial charge on any atom is 0.285 e. The average molecular weight is 248 g/mol. The Kier molecular flexibility index (Phi) is 2.74. The van der Waals surface area contributed by atoms with Gasteiger partial charge in [-0.1, -0.05) is 15.9 Å². The van der Waals surface area contributed by atoms with Crippen molar-refractivity contribution in [3.8, 4) is 0 Å². The highest BCUT2D eigenvalue weighted by Gasteiger charge is 2.15. The molecule has 0 heterocycles. The van der Waals surface area contributed by atoms with E-state index in [1.807, 2.05) is 0 Å². The van der Waals surface area contributed by atoms with Crippen molar-refractivity contribution < 1.29 is 4.92 Å². The van der Waals surface area contributed by atoms with Crippen LogP contribution in [0, 0.1) is 17.0 Å². The van der Waals surface area contributed by atoms with Crippen molar-refractivity contribution >= 4 is 34.2 Å². The Balaban J connectivity index is 3.38. The van der Waals surface area contributed by atoms with E-state index in [1.165, 1.54) is 0 Å². The molecule has 0 spiro atoms. The van der Waals surface area contributed by atoms with E-state index >= 15 is 0 Å². The fraction of sp³-hybridized carbons (Fsp3) is 0.143. The average Bonchev–Trinajstić information content (AvgIpc) is 1.82. The smallest absolute Gasteiger partial charge is 0.258 e. The monoisotopic (exact) mass is 247 g/mol. The summed E-state index contributed by atoms with van der Waals surface area (Å²) >= 11 is 7.23. The minimum absolute atomic E-state index is 0.0709. The minimum atomic E-state index is -0.426. The molecule has 1 rings (SSSR count). The van der Waals surface area contributed by atoms with Crippen LogP contribution < -0.4 is 0 Å². The van der Waals surface area contributed by atoms with E-state index in [4.69, 9.17) is 0 Å². The molecule has 0 saturated carbocycles. The summed E-state index contributed by atoms with van der Waals surface area (Å²) in [5.41, 5.74) is 0.681. The summed E-state index contributed by atoms with van der Waals surface area (Å²) in [6, 6.07) is 3.30. The Hall–Kier alpha value is -0.550. The molecule has 0 fully saturated rings. The molecule has 0 unspecified atom stereocenters. The summed E-state index contributed by atoms with van der Waals surface area (Å²) < 4.78 is 0.801. The lowest BCUT2D eigenvalue weighted by atomic mass is 10.2. The van der Waals surface area contributed by atoms with Crippen LogP contribution in [0.5, 0.6) is 0 Å². The maximum atomic E-state index is 10.5. The molecule has 1 aromatic rings. The molecule has 0 atom stereocenters. The van der Waals surface area contributed by atoms with E-state index in [0.717, 1.165) is 4.47 Å². The van der Waals surface area contributed by atoms with Gasteiger partial charge in [0.25, 0.3) is 5.69 Å². The summed E-state index contributed by atoms with van der Waals surface area (Å²) in [7, 11) is 0. The van der Waals surface area contributed by atoms with Crippen molar-refractivity contribution in [1.29, 1.82) is 0 Å². The highest BCUT2D eigenvalue weighted by atomic mass is 79.9. The van der Waals surface area contributed by atoms with Crippen molar-refractivity contribution in [1.82, 2.24) is 0 Å². The van der Waals surface area contributed by atoms with Gasteiger partial charge in [0, 0.05) is 10.0 Å². The Morgan fingerprint density at radius 1 is 1.58 bits per heavy atom. The van der Waals surface area contributed by atoms with Gasteiger partial charge in [-0.2, -0.15) is 0 Å². The van der Waals surface area contributed by atoms with Crippen LogP contribution in [0.2, 0.25) is 0 Å². The maximum absolute atomic E-state index is 10.5. The van der Waals surface area contributed by atoms with Crippen molar-refractivity contribution in [2.75, 3.05) is 0 Å². The van der Waals surface area contributed by atoms with E-state index in [1.54, 1.807) is 19.1 Å². The van der Waals surface area contributed by atoms with E-state index < -0.39 is 4.92 Å². The van der Waals surface area contributed by atoms with Crippen LogP contribution in [0.15, 0.2) is 21.5 Å². The molecule has 64 valence electrons. The molecule has 0 amide bonds. The molecule has 0 aromatic heterocycles. The summed E-state index contributed by atoms with van der Waals surface area (Å²) in [4.78, 5) is 10.5. The Morgan fingerprint density at radius 3 is 2.58 bits per heavy atom. The van der Waals surface area contributed by atoms with Gasteiger partial charge in [0.1, 0.15) is 0 Å². The third-order valence-corrected chi connectivity index (χ3v) is 2.23. The first-order chi connectivity index (χ1) is 5.52. The summed E-state index contributed by atoms with van der Waals surface area (Å²) in [5.74, 6) is 0. The lowest BCUT2D eigenvalue weighted by Gasteiger charge is -2.00. The third kappa shape index (κ3) is 1.78. The largest absolute Gasteiger partial charge is 0.285 e. The normalized spacial score (nSPS) is 9.92. The van der Waals surface area contributed by atoms with Crippen molar-refractivity contribution in [2.24, 2.45) is 0 Å². The number of nitro benzene ring substituents is 1. The van der Waals surface area contributed by atoms with Gasteiger partial charge in [0.2, 0.25) is 0 Å². The predicted molar refractivity (Wildman–Crippen MR) is 52.8 cm³/mol. The molecular weight excluding hydrogens is 242 g/mol. The zero-order valence-electron chi connectivity index (χ0n) is 6.24. The second-order valence-electron chi connectivity index (χ2n) is 2.35. The van der Waals surface area contributed by atoms with Gasteiger partial charge in [0.15, 0.2) is 0 Å².